The molecule has 0 spiro atoms. The summed E-state index contributed by atoms with van der Waals surface area (Å²) in [5.74, 6) is -0.116. The first kappa shape index (κ1) is 16.2. The Morgan fingerprint density at radius 3 is 2.71 bits per heavy atom. The number of ether oxygens (including phenoxy) is 1. The molecule has 2 rings (SSSR count). The van der Waals surface area contributed by atoms with Crippen LogP contribution in [0.2, 0.25) is 0 Å². The fourth-order valence-corrected chi connectivity index (χ4v) is 2.94. The monoisotopic (exact) mass is 354 g/mol. The molecule has 0 amide bonds. The van der Waals surface area contributed by atoms with Crippen LogP contribution in [0.3, 0.4) is 0 Å². The molecule has 0 heterocycles. The van der Waals surface area contributed by atoms with Crippen molar-refractivity contribution < 1.29 is 13.9 Å². The molecule has 1 fully saturated rings. The topological polar surface area (TPSA) is 26.3 Å². The summed E-state index contributed by atoms with van der Waals surface area (Å²) < 4.78 is 19.5. The van der Waals surface area contributed by atoms with Crippen LogP contribution in [0, 0.1) is 5.82 Å². The Morgan fingerprint density at radius 1 is 1.38 bits per heavy atom. The summed E-state index contributed by atoms with van der Waals surface area (Å²) in [6, 6.07) is 5.32. The molecule has 0 aromatic heterocycles. The highest BCUT2D eigenvalue weighted by atomic mass is 79.9. The van der Waals surface area contributed by atoms with E-state index in [1.807, 2.05) is 13.0 Å². The van der Waals surface area contributed by atoms with Gasteiger partial charge in [-0.15, -0.1) is 0 Å². The number of hydrogen-bond donors (Lipinski definition) is 0. The van der Waals surface area contributed by atoms with Gasteiger partial charge >= 0.3 is 5.97 Å². The molecule has 1 aliphatic rings. The van der Waals surface area contributed by atoms with Crippen molar-refractivity contribution in [3.63, 3.8) is 0 Å². The van der Waals surface area contributed by atoms with Crippen LogP contribution in [-0.2, 0) is 9.53 Å². The molecule has 21 heavy (non-hydrogen) atoms. The largest absolute Gasteiger partial charge is 0.459 e. The fraction of sp³-hybridized carbons (Fsp3) is 0.471. The van der Waals surface area contributed by atoms with Crippen LogP contribution in [0.4, 0.5) is 4.39 Å². The number of benzene rings is 1. The lowest BCUT2D eigenvalue weighted by Gasteiger charge is -2.28. The minimum atomic E-state index is -0.255. The zero-order valence-corrected chi connectivity index (χ0v) is 13.7. The smallest absolute Gasteiger partial charge is 0.330 e. The molecule has 0 bridgehead atoms. The summed E-state index contributed by atoms with van der Waals surface area (Å²) in [5, 5.41) is 0. The second-order valence-electron chi connectivity index (χ2n) is 5.39. The maximum atomic E-state index is 13.6. The Hall–Kier alpha value is -1.16. The van der Waals surface area contributed by atoms with Crippen LogP contribution in [0.15, 0.2) is 34.8 Å². The molecule has 4 heteroatoms. The predicted molar refractivity (Wildman–Crippen MR) is 84.6 cm³/mol. The maximum Gasteiger partial charge on any atom is 0.330 e. The van der Waals surface area contributed by atoms with E-state index in [-0.39, 0.29) is 17.9 Å². The second kappa shape index (κ2) is 7.74. The number of carbonyl (C=O) groups excluding carboxylic acids is 1. The lowest BCUT2D eigenvalue weighted by atomic mass is 9.83. The molecular formula is C17H20BrFO2. The van der Waals surface area contributed by atoms with Gasteiger partial charge in [-0.05, 0) is 71.6 Å². The summed E-state index contributed by atoms with van der Waals surface area (Å²) in [4.78, 5) is 11.5. The Bertz CT molecular complexity index is 520. The third-order valence-electron chi connectivity index (χ3n) is 3.86. The molecule has 2 nitrogen and oxygen atoms in total. The summed E-state index contributed by atoms with van der Waals surface area (Å²) in [5.41, 5.74) is 1.03. The Balaban J connectivity index is 1.86. The molecule has 114 valence electrons. The van der Waals surface area contributed by atoms with Gasteiger partial charge in [0.05, 0.1) is 4.47 Å². The molecule has 1 aliphatic carbocycles. The standard InChI is InChI=1S/C17H20BrFO2/c1-2-3-4-17(20)21-14-8-5-12(6-9-14)13-7-10-15(18)16(19)11-13/h3-4,7,10-12,14H,2,5-6,8-9H2,1H3/b4-3+. The van der Waals surface area contributed by atoms with E-state index in [2.05, 4.69) is 15.9 Å². The van der Waals surface area contributed by atoms with Crippen LogP contribution in [0.5, 0.6) is 0 Å². The zero-order chi connectivity index (χ0) is 15.2. The normalized spacial score (nSPS) is 22.4. The Labute approximate surface area is 133 Å². The van der Waals surface area contributed by atoms with Crippen molar-refractivity contribution in [2.75, 3.05) is 0 Å². The summed E-state index contributed by atoms with van der Waals surface area (Å²) in [6.45, 7) is 1.98. The molecule has 0 N–H and O–H groups in total. The van der Waals surface area contributed by atoms with Crippen molar-refractivity contribution in [1.82, 2.24) is 0 Å². The number of rotatable bonds is 4. The summed E-state index contributed by atoms with van der Waals surface area (Å²) in [6.07, 6.45) is 7.66. The summed E-state index contributed by atoms with van der Waals surface area (Å²) in [7, 11) is 0. The molecular weight excluding hydrogens is 335 g/mol. The van der Waals surface area contributed by atoms with Gasteiger partial charge in [-0.1, -0.05) is 19.1 Å². The predicted octanol–water partition coefficient (Wildman–Crippen LogP) is 5.12. The number of hydrogen-bond acceptors (Lipinski definition) is 2. The molecule has 1 saturated carbocycles. The van der Waals surface area contributed by atoms with Gasteiger partial charge in [0.2, 0.25) is 0 Å². The van der Waals surface area contributed by atoms with E-state index >= 15 is 0 Å². The highest BCUT2D eigenvalue weighted by molar-refractivity contribution is 9.10. The van der Waals surface area contributed by atoms with E-state index in [0.717, 1.165) is 37.7 Å². The van der Waals surface area contributed by atoms with Gasteiger partial charge in [0.25, 0.3) is 0 Å². The van der Waals surface area contributed by atoms with Crippen LogP contribution < -0.4 is 0 Å². The average Bonchev–Trinajstić information content (AvgIpc) is 2.49. The van der Waals surface area contributed by atoms with Crippen molar-refractivity contribution in [2.24, 2.45) is 0 Å². The van der Waals surface area contributed by atoms with E-state index < -0.39 is 0 Å². The van der Waals surface area contributed by atoms with Crippen molar-refractivity contribution in [2.45, 2.75) is 51.0 Å². The highest BCUT2D eigenvalue weighted by Crippen LogP contribution is 2.35. The second-order valence-corrected chi connectivity index (χ2v) is 6.25. The Morgan fingerprint density at radius 2 is 2.10 bits per heavy atom. The van der Waals surface area contributed by atoms with Crippen molar-refractivity contribution in [1.29, 1.82) is 0 Å². The zero-order valence-electron chi connectivity index (χ0n) is 12.1. The molecule has 0 radical (unpaired) electrons. The first-order valence-electron chi connectivity index (χ1n) is 7.42. The van der Waals surface area contributed by atoms with Gasteiger partial charge in [0.1, 0.15) is 11.9 Å². The third kappa shape index (κ3) is 4.67. The minimum Gasteiger partial charge on any atom is -0.459 e. The molecule has 1 aromatic rings. The van der Waals surface area contributed by atoms with E-state index in [1.165, 1.54) is 6.08 Å². The van der Waals surface area contributed by atoms with Gasteiger partial charge in [0.15, 0.2) is 0 Å². The van der Waals surface area contributed by atoms with Crippen molar-refractivity contribution in [3.05, 3.63) is 46.2 Å². The van der Waals surface area contributed by atoms with E-state index in [9.17, 15) is 9.18 Å². The highest BCUT2D eigenvalue weighted by Gasteiger charge is 2.24. The number of carbonyl (C=O) groups is 1. The third-order valence-corrected chi connectivity index (χ3v) is 4.50. The molecule has 1 aromatic carbocycles. The lowest BCUT2D eigenvalue weighted by molar-refractivity contribution is -0.144. The van der Waals surface area contributed by atoms with Gasteiger partial charge < -0.3 is 4.74 Å². The van der Waals surface area contributed by atoms with Crippen LogP contribution in [-0.4, -0.2) is 12.1 Å². The van der Waals surface area contributed by atoms with Crippen LogP contribution in [0.25, 0.3) is 0 Å². The number of allylic oxidation sites excluding steroid dienone is 1. The summed E-state index contributed by atoms with van der Waals surface area (Å²) >= 11 is 3.17. The van der Waals surface area contributed by atoms with E-state index in [0.29, 0.717) is 10.4 Å². The SMILES string of the molecule is CC/C=C/C(=O)OC1CCC(c2ccc(Br)c(F)c2)CC1. The minimum absolute atomic E-state index is 0.00412. The van der Waals surface area contributed by atoms with Gasteiger partial charge in [0, 0.05) is 6.08 Å². The van der Waals surface area contributed by atoms with Gasteiger partial charge in [-0.3, -0.25) is 0 Å². The van der Waals surface area contributed by atoms with E-state index in [1.54, 1.807) is 18.2 Å². The van der Waals surface area contributed by atoms with Crippen LogP contribution in [0.1, 0.15) is 50.5 Å². The number of esters is 1. The van der Waals surface area contributed by atoms with Crippen LogP contribution >= 0.6 is 15.9 Å². The average molecular weight is 355 g/mol. The van der Waals surface area contributed by atoms with Crippen molar-refractivity contribution in [3.8, 4) is 0 Å². The quantitative estimate of drug-likeness (QED) is 0.553. The Kier molecular flexibility index (Phi) is 5.97. The lowest BCUT2D eigenvalue weighted by Crippen LogP contribution is -2.23. The first-order valence-corrected chi connectivity index (χ1v) is 8.21. The van der Waals surface area contributed by atoms with Gasteiger partial charge in [-0.2, -0.15) is 0 Å². The van der Waals surface area contributed by atoms with E-state index in [4.69, 9.17) is 4.74 Å². The molecule has 0 aliphatic heterocycles. The molecule has 0 saturated heterocycles. The molecule has 0 atom stereocenters. The fourth-order valence-electron chi connectivity index (χ4n) is 2.70. The molecule has 0 unspecified atom stereocenters. The first-order chi connectivity index (χ1) is 10.1. The maximum absolute atomic E-state index is 13.6. The van der Waals surface area contributed by atoms with Gasteiger partial charge in [-0.25, -0.2) is 9.18 Å². The van der Waals surface area contributed by atoms with Crippen molar-refractivity contribution >= 4 is 21.9 Å². The number of halogens is 2.